The van der Waals surface area contributed by atoms with Crippen LogP contribution in [0.1, 0.15) is 67.2 Å². The average molecular weight is 472 g/mol. The smallest absolute Gasteiger partial charge is 0.326 e. The van der Waals surface area contributed by atoms with Crippen LogP contribution >= 0.6 is 0 Å². The molecule has 0 saturated heterocycles. The molecular weight excluding hydrogens is 430 g/mol. The third-order valence-electron chi connectivity index (χ3n) is 5.90. The van der Waals surface area contributed by atoms with Crippen molar-refractivity contribution >= 4 is 29.6 Å². The molecule has 0 saturated carbocycles. The Kier molecular flexibility index (Phi) is 13.3. The van der Waals surface area contributed by atoms with Gasteiger partial charge < -0.3 is 32.5 Å². The molecule has 4 amide bonds. The van der Waals surface area contributed by atoms with E-state index in [1.54, 1.807) is 27.7 Å². The van der Waals surface area contributed by atoms with E-state index < -0.39 is 53.8 Å². The van der Waals surface area contributed by atoms with Gasteiger partial charge in [-0.1, -0.05) is 54.4 Å². The minimum absolute atomic E-state index is 0.127. The zero-order valence-corrected chi connectivity index (χ0v) is 20.5. The molecule has 0 bridgehead atoms. The largest absolute Gasteiger partial charge is 0.480 e. The van der Waals surface area contributed by atoms with E-state index in [2.05, 4.69) is 16.0 Å². The van der Waals surface area contributed by atoms with Gasteiger partial charge in [-0.3, -0.25) is 19.2 Å². The molecule has 11 heteroatoms. The number of carboxylic acids is 1. The maximum Gasteiger partial charge on any atom is 0.326 e. The van der Waals surface area contributed by atoms with E-state index in [9.17, 15) is 29.1 Å². The molecule has 0 aliphatic carbocycles. The Morgan fingerprint density at radius 2 is 1.21 bits per heavy atom. The number of rotatable bonds is 15. The second-order valence-electron chi connectivity index (χ2n) is 8.92. The fourth-order valence-electron chi connectivity index (χ4n) is 3.00. The number of amides is 4. The fourth-order valence-corrected chi connectivity index (χ4v) is 3.00. The number of carbonyl (C=O) groups excluding carboxylic acids is 4. The SMILES string of the molecule is CCC(C)C(NC(=O)C(N)C(C)C)C(=O)NC(C(=O)NC(CCC(N)=O)C(=O)O)C(C)CC. The Balaban J connectivity index is 5.62. The molecule has 190 valence electrons. The van der Waals surface area contributed by atoms with E-state index in [0.717, 1.165) is 0 Å². The maximum atomic E-state index is 13.1. The summed E-state index contributed by atoms with van der Waals surface area (Å²) in [4.78, 5) is 61.0. The van der Waals surface area contributed by atoms with Crippen molar-refractivity contribution in [1.29, 1.82) is 0 Å². The van der Waals surface area contributed by atoms with Crippen molar-refractivity contribution < 1.29 is 29.1 Å². The number of nitrogens with one attached hydrogen (secondary N) is 3. The van der Waals surface area contributed by atoms with E-state index in [4.69, 9.17) is 11.5 Å². The molecule has 0 aromatic carbocycles. The summed E-state index contributed by atoms with van der Waals surface area (Å²) < 4.78 is 0. The minimum Gasteiger partial charge on any atom is -0.480 e. The molecule has 0 aromatic rings. The third kappa shape index (κ3) is 10.2. The number of carbonyl (C=O) groups is 5. The summed E-state index contributed by atoms with van der Waals surface area (Å²) in [5.41, 5.74) is 11.0. The van der Waals surface area contributed by atoms with Gasteiger partial charge in [0.2, 0.25) is 23.6 Å². The lowest BCUT2D eigenvalue weighted by atomic mass is 9.94. The summed E-state index contributed by atoms with van der Waals surface area (Å²) in [5, 5.41) is 17.1. The van der Waals surface area contributed by atoms with Crippen molar-refractivity contribution in [2.75, 3.05) is 0 Å². The number of nitrogens with two attached hydrogens (primary N) is 2. The van der Waals surface area contributed by atoms with Crippen LogP contribution in [-0.2, 0) is 24.0 Å². The van der Waals surface area contributed by atoms with Gasteiger partial charge in [-0.15, -0.1) is 0 Å². The normalized spacial score (nSPS) is 16.6. The molecule has 8 N–H and O–H groups in total. The summed E-state index contributed by atoms with van der Waals surface area (Å²) in [6.45, 7) is 10.8. The second-order valence-corrected chi connectivity index (χ2v) is 8.92. The maximum absolute atomic E-state index is 13.1. The van der Waals surface area contributed by atoms with Crippen molar-refractivity contribution in [2.24, 2.45) is 29.2 Å². The Bertz CT molecular complexity index is 699. The van der Waals surface area contributed by atoms with Crippen molar-refractivity contribution in [3.63, 3.8) is 0 Å². The Morgan fingerprint density at radius 3 is 1.58 bits per heavy atom. The summed E-state index contributed by atoms with van der Waals surface area (Å²) in [6, 6.07) is -4.08. The molecule has 11 nitrogen and oxygen atoms in total. The zero-order chi connectivity index (χ0) is 25.9. The number of carboxylic acid groups (broad SMARTS) is 1. The first-order valence-corrected chi connectivity index (χ1v) is 11.4. The molecule has 6 unspecified atom stereocenters. The molecule has 0 aliphatic heterocycles. The molecule has 0 aliphatic rings. The lowest BCUT2D eigenvalue weighted by molar-refractivity contribution is -0.143. The van der Waals surface area contributed by atoms with Crippen LogP contribution in [-0.4, -0.2) is 58.9 Å². The molecule has 33 heavy (non-hydrogen) atoms. The van der Waals surface area contributed by atoms with Crippen LogP contribution in [0.15, 0.2) is 0 Å². The van der Waals surface area contributed by atoms with Crippen LogP contribution < -0.4 is 27.4 Å². The van der Waals surface area contributed by atoms with Crippen LogP contribution in [0.25, 0.3) is 0 Å². The van der Waals surface area contributed by atoms with Gasteiger partial charge in [0.15, 0.2) is 0 Å². The van der Waals surface area contributed by atoms with Crippen molar-refractivity contribution in [1.82, 2.24) is 16.0 Å². The Labute approximate surface area is 195 Å². The average Bonchev–Trinajstić information content (AvgIpc) is 2.75. The van der Waals surface area contributed by atoms with Gasteiger partial charge in [0.1, 0.15) is 18.1 Å². The monoisotopic (exact) mass is 471 g/mol. The van der Waals surface area contributed by atoms with Gasteiger partial charge in [-0.2, -0.15) is 0 Å². The standard InChI is InChI=1S/C22H41N5O6/c1-7-12(5)17(20(30)25-14(22(32)33)9-10-15(23)28)27-21(31)18(13(6)8-2)26-19(29)16(24)11(3)4/h11-14,16-18H,7-10,24H2,1-6H3,(H2,23,28)(H,25,30)(H,26,29)(H,27,31)(H,32,33). The molecule has 0 aromatic heterocycles. The van der Waals surface area contributed by atoms with E-state index in [0.29, 0.717) is 12.8 Å². The number of hydrogen-bond donors (Lipinski definition) is 6. The van der Waals surface area contributed by atoms with E-state index in [1.165, 1.54) is 0 Å². The second kappa shape index (κ2) is 14.5. The van der Waals surface area contributed by atoms with Gasteiger partial charge in [0.25, 0.3) is 0 Å². The highest BCUT2D eigenvalue weighted by Gasteiger charge is 2.34. The van der Waals surface area contributed by atoms with Crippen molar-refractivity contribution in [3.8, 4) is 0 Å². The van der Waals surface area contributed by atoms with Gasteiger partial charge in [-0.05, 0) is 24.2 Å². The van der Waals surface area contributed by atoms with E-state index in [-0.39, 0.29) is 30.6 Å². The van der Waals surface area contributed by atoms with Crippen LogP contribution in [0.2, 0.25) is 0 Å². The first-order valence-electron chi connectivity index (χ1n) is 11.4. The lowest BCUT2D eigenvalue weighted by Crippen LogP contribution is -2.60. The number of hydrogen-bond acceptors (Lipinski definition) is 6. The minimum atomic E-state index is -1.33. The molecule has 0 spiro atoms. The van der Waals surface area contributed by atoms with Crippen molar-refractivity contribution in [2.45, 2.75) is 91.4 Å². The summed E-state index contributed by atoms with van der Waals surface area (Å²) in [7, 11) is 0. The van der Waals surface area contributed by atoms with Crippen LogP contribution in [0.3, 0.4) is 0 Å². The third-order valence-corrected chi connectivity index (χ3v) is 5.90. The Hall–Kier alpha value is -2.69. The zero-order valence-electron chi connectivity index (χ0n) is 20.5. The highest BCUT2D eigenvalue weighted by molar-refractivity contribution is 5.94. The highest BCUT2D eigenvalue weighted by atomic mass is 16.4. The van der Waals surface area contributed by atoms with Crippen LogP contribution in [0, 0.1) is 17.8 Å². The summed E-state index contributed by atoms with van der Waals surface area (Å²) in [5.74, 6) is -4.41. The highest BCUT2D eigenvalue weighted by Crippen LogP contribution is 2.13. The van der Waals surface area contributed by atoms with E-state index >= 15 is 0 Å². The fraction of sp³-hybridized carbons (Fsp3) is 0.773. The van der Waals surface area contributed by atoms with Crippen LogP contribution in [0.4, 0.5) is 0 Å². The summed E-state index contributed by atoms with van der Waals surface area (Å²) >= 11 is 0. The molecule has 0 radical (unpaired) electrons. The molecule has 0 heterocycles. The van der Waals surface area contributed by atoms with Gasteiger partial charge in [-0.25, -0.2) is 4.79 Å². The lowest BCUT2D eigenvalue weighted by Gasteiger charge is -2.30. The topological polar surface area (TPSA) is 194 Å². The van der Waals surface area contributed by atoms with Crippen LogP contribution in [0.5, 0.6) is 0 Å². The number of primary amides is 1. The molecule has 0 fully saturated rings. The molecule has 6 atom stereocenters. The quantitative estimate of drug-likeness (QED) is 0.191. The van der Waals surface area contributed by atoms with E-state index in [1.807, 2.05) is 13.8 Å². The Morgan fingerprint density at radius 1 is 0.788 bits per heavy atom. The first kappa shape index (κ1) is 30.3. The number of aliphatic carboxylic acids is 1. The predicted octanol–water partition coefficient (Wildman–Crippen LogP) is -0.134. The van der Waals surface area contributed by atoms with Crippen molar-refractivity contribution in [3.05, 3.63) is 0 Å². The van der Waals surface area contributed by atoms with Gasteiger partial charge in [0, 0.05) is 6.42 Å². The van der Waals surface area contributed by atoms with Gasteiger partial charge >= 0.3 is 5.97 Å². The molecule has 0 rings (SSSR count). The first-order chi connectivity index (χ1) is 15.3. The predicted molar refractivity (Wildman–Crippen MR) is 124 cm³/mol. The van der Waals surface area contributed by atoms with Gasteiger partial charge in [0.05, 0.1) is 6.04 Å². The molecular formula is C22H41N5O6. The summed E-state index contributed by atoms with van der Waals surface area (Å²) in [6.07, 6.45) is 0.728.